The molecule has 1 N–H and O–H groups in total. The van der Waals surface area contributed by atoms with Gasteiger partial charge in [-0.05, 0) is 28.1 Å². The van der Waals surface area contributed by atoms with E-state index >= 15 is 0 Å². The van der Waals surface area contributed by atoms with Crippen LogP contribution in [0.5, 0.6) is 0 Å². The van der Waals surface area contributed by atoms with Crippen molar-refractivity contribution in [3.63, 3.8) is 0 Å². The lowest BCUT2D eigenvalue weighted by Gasteiger charge is -2.49. The molecule has 182 valence electrons. The lowest BCUT2D eigenvalue weighted by Crippen LogP contribution is -2.70. The van der Waals surface area contributed by atoms with Crippen LogP contribution in [0.4, 0.5) is 0 Å². The Morgan fingerprint density at radius 1 is 1.06 bits per heavy atom. The van der Waals surface area contributed by atoms with E-state index in [2.05, 4.69) is 11.9 Å². The minimum atomic E-state index is -0.685. The molecule has 0 radical (unpaired) electrons. The minimum Gasteiger partial charge on any atom is -0.448 e. The van der Waals surface area contributed by atoms with Gasteiger partial charge in [-0.15, -0.1) is 23.1 Å². The van der Waals surface area contributed by atoms with Crippen LogP contribution in [0.15, 0.2) is 102 Å². The fourth-order valence-corrected chi connectivity index (χ4v) is 6.38. The first-order valence-electron chi connectivity index (χ1n) is 11.5. The van der Waals surface area contributed by atoms with Gasteiger partial charge in [0.15, 0.2) is 6.10 Å². The summed E-state index contributed by atoms with van der Waals surface area (Å²) in [5.41, 5.74) is 2.48. The molecule has 1 saturated heterocycles. The van der Waals surface area contributed by atoms with E-state index in [-0.39, 0.29) is 29.3 Å². The fraction of sp³-hybridized carbons (Fsp3) is 0.179. The summed E-state index contributed by atoms with van der Waals surface area (Å²) in [6, 6.07) is 22.1. The number of carbonyl (C=O) groups is 3. The van der Waals surface area contributed by atoms with Crippen LogP contribution in [0, 0.1) is 0 Å². The van der Waals surface area contributed by atoms with Crippen LogP contribution in [0.25, 0.3) is 0 Å². The number of hydrogen-bond donors (Lipinski definition) is 1. The van der Waals surface area contributed by atoms with Crippen molar-refractivity contribution in [2.45, 2.75) is 23.9 Å². The number of carbonyl (C=O) groups excluding carboxylic acids is 3. The predicted octanol–water partition coefficient (Wildman–Crippen LogP) is 4.46. The van der Waals surface area contributed by atoms with Crippen LogP contribution in [0.2, 0.25) is 0 Å². The van der Waals surface area contributed by atoms with E-state index in [0.29, 0.717) is 11.3 Å². The zero-order valence-electron chi connectivity index (χ0n) is 19.3. The Morgan fingerprint density at radius 3 is 2.31 bits per heavy atom. The summed E-state index contributed by atoms with van der Waals surface area (Å²) in [4.78, 5) is 41.6. The van der Waals surface area contributed by atoms with E-state index in [1.165, 1.54) is 28.0 Å². The van der Waals surface area contributed by atoms with Gasteiger partial charge >= 0.3 is 5.97 Å². The number of nitrogens with one attached hydrogen (secondary N) is 1. The molecule has 2 aromatic carbocycles. The summed E-state index contributed by atoms with van der Waals surface area (Å²) in [5, 5.41) is 4.38. The number of esters is 1. The van der Waals surface area contributed by atoms with Gasteiger partial charge in [-0.25, -0.2) is 4.79 Å². The third-order valence-corrected chi connectivity index (χ3v) is 8.28. The van der Waals surface area contributed by atoms with Gasteiger partial charge in [0, 0.05) is 10.6 Å². The van der Waals surface area contributed by atoms with Crippen molar-refractivity contribution < 1.29 is 19.1 Å². The Kier molecular flexibility index (Phi) is 7.06. The molecule has 2 aliphatic rings. The molecule has 3 heterocycles. The highest BCUT2D eigenvalue weighted by atomic mass is 32.2. The molecule has 2 aliphatic heterocycles. The van der Waals surface area contributed by atoms with Crippen LogP contribution in [-0.4, -0.2) is 39.9 Å². The first-order chi connectivity index (χ1) is 17.6. The van der Waals surface area contributed by atoms with E-state index in [9.17, 15) is 14.4 Å². The number of rotatable bonds is 8. The van der Waals surface area contributed by atoms with Crippen LogP contribution < -0.4 is 5.32 Å². The van der Waals surface area contributed by atoms with Gasteiger partial charge in [0.1, 0.15) is 17.1 Å². The predicted molar refractivity (Wildman–Crippen MR) is 141 cm³/mol. The van der Waals surface area contributed by atoms with E-state index in [1.807, 2.05) is 78.2 Å². The number of ether oxygens (including phenoxy) is 1. The normalized spacial score (nSPS) is 18.9. The number of thioether (sulfide) groups is 1. The number of benzene rings is 2. The summed E-state index contributed by atoms with van der Waals surface area (Å²) in [7, 11) is 0. The molecule has 0 bridgehead atoms. The maximum absolute atomic E-state index is 13.6. The molecule has 5 rings (SSSR count). The lowest BCUT2D eigenvalue weighted by molar-refractivity contribution is -0.154. The summed E-state index contributed by atoms with van der Waals surface area (Å²) >= 11 is 2.99. The highest BCUT2D eigenvalue weighted by Crippen LogP contribution is 2.41. The summed E-state index contributed by atoms with van der Waals surface area (Å²) in [5.74, 6) is -0.647. The number of hydrogen-bond acceptors (Lipinski definition) is 6. The molecular weight excluding hydrogens is 492 g/mol. The molecule has 3 aromatic rings. The number of nitrogens with zero attached hydrogens (tertiary/aromatic N) is 1. The molecule has 6 nitrogen and oxygen atoms in total. The Balaban J connectivity index is 1.36. The number of fused-ring (bicyclic) bond motifs is 1. The van der Waals surface area contributed by atoms with Gasteiger partial charge < -0.3 is 10.1 Å². The maximum Gasteiger partial charge on any atom is 0.356 e. The standard InChI is InChI=1S/C28H24N2O4S2/c1-2-18-17-36-27-23(29-22(31)16-21-14-9-15-35-21)26(32)30(27)24(18)28(33)34-25(19-10-5-3-6-11-19)20-12-7-4-8-13-20/h2-15,23,25,27H,1,16-17H2,(H,29,31)/t23-,27-/m1/s1. The Hall–Kier alpha value is -3.62. The van der Waals surface area contributed by atoms with E-state index < -0.39 is 18.1 Å². The lowest BCUT2D eigenvalue weighted by atomic mass is 10.0. The Bertz CT molecular complexity index is 1270. The van der Waals surface area contributed by atoms with Gasteiger partial charge in [-0.3, -0.25) is 14.5 Å². The SMILES string of the molecule is C=CC1=C(C(=O)OC(c2ccccc2)c2ccccc2)N2C(=O)[C@@H](NC(=O)Cc3cccs3)[C@H]2SC1. The van der Waals surface area contributed by atoms with Crippen LogP contribution in [0.3, 0.4) is 0 Å². The second-order valence-electron chi connectivity index (χ2n) is 8.40. The smallest absolute Gasteiger partial charge is 0.356 e. The Labute approximate surface area is 217 Å². The molecule has 1 fully saturated rings. The summed E-state index contributed by atoms with van der Waals surface area (Å²) in [6.45, 7) is 3.84. The van der Waals surface area contributed by atoms with Crippen LogP contribution in [0.1, 0.15) is 22.1 Å². The van der Waals surface area contributed by atoms with Crippen molar-refractivity contribution >= 4 is 40.9 Å². The first kappa shape index (κ1) is 24.1. The average molecular weight is 517 g/mol. The largest absolute Gasteiger partial charge is 0.448 e. The molecule has 0 unspecified atom stereocenters. The fourth-order valence-electron chi connectivity index (χ4n) is 4.33. The average Bonchev–Trinajstić information content (AvgIpc) is 3.43. The zero-order valence-corrected chi connectivity index (χ0v) is 21.0. The molecule has 2 atom stereocenters. The van der Waals surface area contributed by atoms with Crippen molar-refractivity contribution in [2.75, 3.05) is 5.75 Å². The highest BCUT2D eigenvalue weighted by Gasteiger charge is 2.54. The molecule has 0 spiro atoms. The summed E-state index contributed by atoms with van der Waals surface area (Å²) < 4.78 is 6.05. The van der Waals surface area contributed by atoms with Crippen molar-refractivity contribution in [3.05, 3.63) is 118 Å². The van der Waals surface area contributed by atoms with Gasteiger partial charge in [0.2, 0.25) is 5.91 Å². The second-order valence-corrected chi connectivity index (χ2v) is 10.5. The van der Waals surface area contributed by atoms with Crippen molar-refractivity contribution in [1.82, 2.24) is 10.2 Å². The third kappa shape index (κ3) is 4.74. The molecule has 1 aromatic heterocycles. The quantitative estimate of drug-likeness (QED) is 0.353. The number of β-lactam (4-membered cyclic amide) rings is 1. The van der Waals surface area contributed by atoms with Crippen LogP contribution in [-0.2, 0) is 25.5 Å². The molecule has 0 aliphatic carbocycles. The molecule has 0 saturated carbocycles. The van der Waals surface area contributed by atoms with Gasteiger partial charge in [-0.2, -0.15) is 0 Å². The van der Waals surface area contributed by atoms with Crippen molar-refractivity contribution in [2.24, 2.45) is 0 Å². The number of thiophene rings is 1. The highest BCUT2D eigenvalue weighted by molar-refractivity contribution is 8.00. The zero-order chi connectivity index (χ0) is 25.1. The third-order valence-electron chi connectivity index (χ3n) is 6.10. The van der Waals surface area contributed by atoms with Gasteiger partial charge in [0.25, 0.3) is 5.91 Å². The maximum atomic E-state index is 13.6. The first-order valence-corrected chi connectivity index (χ1v) is 13.4. The van der Waals surface area contributed by atoms with Crippen LogP contribution >= 0.6 is 23.1 Å². The molecule has 2 amide bonds. The van der Waals surface area contributed by atoms with Gasteiger partial charge in [-0.1, -0.05) is 79.4 Å². The Morgan fingerprint density at radius 2 is 1.72 bits per heavy atom. The monoisotopic (exact) mass is 516 g/mol. The van der Waals surface area contributed by atoms with E-state index in [1.54, 1.807) is 6.08 Å². The summed E-state index contributed by atoms with van der Waals surface area (Å²) in [6.07, 6.45) is 1.18. The molecular formula is C28H24N2O4S2. The number of allylic oxidation sites excluding steroid dienone is 1. The second kappa shape index (κ2) is 10.6. The molecule has 36 heavy (non-hydrogen) atoms. The van der Waals surface area contributed by atoms with Gasteiger partial charge in [0.05, 0.1) is 6.42 Å². The van der Waals surface area contributed by atoms with E-state index in [0.717, 1.165) is 16.0 Å². The topological polar surface area (TPSA) is 75.7 Å². The minimum absolute atomic E-state index is 0.194. The van der Waals surface area contributed by atoms with Crippen molar-refractivity contribution in [3.8, 4) is 0 Å². The van der Waals surface area contributed by atoms with Crippen molar-refractivity contribution in [1.29, 1.82) is 0 Å². The number of amides is 2. The molecule has 8 heteroatoms. The van der Waals surface area contributed by atoms with E-state index in [4.69, 9.17) is 4.74 Å².